The lowest BCUT2D eigenvalue weighted by molar-refractivity contribution is -0.114. The highest BCUT2D eigenvalue weighted by Gasteiger charge is 2.35. The Morgan fingerprint density at radius 2 is 1.88 bits per heavy atom. The van der Waals surface area contributed by atoms with Gasteiger partial charge in [-0.1, -0.05) is 20.8 Å². The Morgan fingerprint density at radius 1 is 1.16 bits per heavy atom. The number of amides is 1. The van der Waals surface area contributed by atoms with Gasteiger partial charge in [0.2, 0.25) is 5.91 Å². The van der Waals surface area contributed by atoms with Crippen molar-refractivity contribution in [1.82, 2.24) is 9.88 Å². The van der Waals surface area contributed by atoms with Crippen molar-refractivity contribution in [1.29, 1.82) is 0 Å². The summed E-state index contributed by atoms with van der Waals surface area (Å²) in [6.45, 7) is 13.3. The van der Waals surface area contributed by atoms with Crippen LogP contribution in [0, 0.1) is 11.3 Å². The predicted molar refractivity (Wildman–Crippen MR) is 103 cm³/mol. The molecule has 2 aliphatic rings. The summed E-state index contributed by atoms with van der Waals surface area (Å²) in [5.41, 5.74) is 1.58. The number of carbonyl (C=O) groups is 1. The standard InChI is InChI=1S/C20H32N4O/c1-15(25)22-19-6-5-18(13-21-19)23-11-8-17(9-12-23)24-10-7-16(14-24)20(2,3)4/h5-6,13,16-17H,7-12,14H2,1-4H3,(H,21,22,25). The molecule has 2 aliphatic heterocycles. The minimum absolute atomic E-state index is 0.0831. The first-order chi connectivity index (χ1) is 11.8. The van der Waals surface area contributed by atoms with Crippen molar-refractivity contribution < 1.29 is 4.79 Å². The van der Waals surface area contributed by atoms with Crippen LogP contribution in [0.2, 0.25) is 0 Å². The monoisotopic (exact) mass is 344 g/mol. The molecule has 0 bridgehead atoms. The second-order valence-electron chi connectivity index (χ2n) is 8.65. The van der Waals surface area contributed by atoms with E-state index in [-0.39, 0.29) is 5.91 Å². The van der Waals surface area contributed by atoms with Crippen molar-refractivity contribution in [2.75, 3.05) is 36.4 Å². The van der Waals surface area contributed by atoms with Crippen LogP contribution in [0.15, 0.2) is 18.3 Å². The number of nitrogens with one attached hydrogen (secondary N) is 1. The number of carbonyl (C=O) groups excluding carboxylic acids is 1. The summed E-state index contributed by atoms with van der Waals surface area (Å²) in [6, 6.07) is 4.68. The number of nitrogens with zero attached hydrogens (tertiary/aromatic N) is 3. The highest BCUT2D eigenvalue weighted by atomic mass is 16.1. The Kier molecular flexibility index (Phi) is 5.32. The topological polar surface area (TPSA) is 48.5 Å². The number of rotatable bonds is 3. The van der Waals surface area contributed by atoms with E-state index in [4.69, 9.17) is 0 Å². The van der Waals surface area contributed by atoms with Gasteiger partial charge in [-0.25, -0.2) is 4.98 Å². The number of anilines is 2. The molecule has 1 aromatic heterocycles. The van der Waals surface area contributed by atoms with Gasteiger partial charge in [0.1, 0.15) is 5.82 Å². The second kappa shape index (κ2) is 7.32. The lowest BCUT2D eigenvalue weighted by Crippen LogP contribution is -2.44. The van der Waals surface area contributed by atoms with Crippen LogP contribution in [0.1, 0.15) is 47.0 Å². The van der Waals surface area contributed by atoms with Crippen molar-refractivity contribution in [3.8, 4) is 0 Å². The van der Waals surface area contributed by atoms with Gasteiger partial charge in [-0.2, -0.15) is 0 Å². The molecule has 1 amide bonds. The van der Waals surface area contributed by atoms with Crippen molar-refractivity contribution in [2.45, 2.75) is 53.0 Å². The zero-order valence-electron chi connectivity index (χ0n) is 16.1. The first-order valence-electron chi connectivity index (χ1n) is 9.55. The summed E-state index contributed by atoms with van der Waals surface area (Å²) < 4.78 is 0. The van der Waals surface area contributed by atoms with E-state index >= 15 is 0 Å². The van der Waals surface area contributed by atoms with Gasteiger partial charge < -0.3 is 10.2 Å². The highest BCUT2D eigenvalue weighted by Crippen LogP contribution is 2.36. The third kappa shape index (κ3) is 4.51. The Morgan fingerprint density at radius 3 is 2.40 bits per heavy atom. The molecule has 138 valence electrons. The van der Waals surface area contributed by atoms with E-state index in [1.54, 1.807) is 0 Å². The van der Waals surface area contributed by atoms with E-state index in [0.29, 0.717) is 11.2 Å². The Labute approximate surface area is 151 Å². The predicted octanol–water partition coefficient (Wildman–Crippen LogP) is 3.38. The normalized spacial score (nSPS) is 23.0. The van der Waals surface area contributed by atoms with Crippen LogP contribution in [0.25, 0.3) is 0 Å². The summed E-state index contributed by atoms with van der Waals surface area (Å²) in [4.78, 5) is 20.6. The van der Waals surface area contributed by atoms with Gasteiger partial charge in [-0.05, 0) is 49.3 Å². The summed E-state index contributed by atoms with van der Waals surface area (Å²) in [6.07, 6.45) is 5.67. The first-order valence-corrected chi connectivity index (χ1v) is 9.55. The summed E-state index contributed by atoms with van der Waals surface area (Å²) >= 11 is 0. The molecule has 0 aliphatic carbocycles. The molecule has 0 spiro atoms. The zero-order valence-corrected chi connectivity index (χ0v) is 16.1. The minimum atomic E-state index is -0.0831. The number of pyridine rings is 1. The molecule has 25 heavy (non-hydrogen) atoms. The Balaban J connectivity index is 1.51. The molecule has 5 heteroatoms. The maximum atomic E-state index is 11.1. The van der Waals surface area contributed by atoms with Crippen LogP contribution in [0.5, 0.6) is 0 Å². The van der Waals surface area contributed by atoms with Gasteiger partial charge >= 0.3 is 0 Å². The minimum Gasteiger partial charge on any atom is -0.370 e. The van der Waals surface area contributed by atoms with Gasteiger partial charge in [0, 0.05) is 32.6 Å². The van der Waals surface area contributed by atoms with Crippen molar-refractivity contribution in [3.05, 3.63) is 18.3 Å². The molecule has 0 saturated carbocycles. The van der Waals surface area contributed by atoms with Crippen LogP contribution < -0.4 is 10.2 Å². The molecule has 0 aromatic carbocycles. The highest BCUT2D eigenvalue weighted by molar-refractivity contribution is 5.87. The molecule has 1 aromatic rings. The number of piperidine rings is 1. The van der Waals surface area contributed by atoms with E-state index in [9.17, 15) is 4.79 Å². The van der Waals surface area contributed by atoms with Crippen LogP contribution in [-0.2, 0) is 4.79 Å². The van der Waals surface area contributed by atoms with Crippen LogP contribution >= 0.6 is 0 Å². The number of hydrogen-bond acceptors (Lipinski definition) is 4. The maximum Gasteiger partial charge on any atom is 0.222 e. The van der Waals surface area contributed by atoms with Gasteiger partial charge in [-0.15, -0.1) is 0 Å². The van der Waals surface area contributed by atoms with Gasteiger partial charge in [0.25, 0.3) is 0 Å². The Bertz CT molecular complexity index is 585. The smallest absolute Gasteiger partial charge is 0.222 e. The molecular formula is C20H32N4O. The summed E-state index contributed by atoms with van der Waals surface area (Å²) in [5, 5.41) is 2.72. The third-order valence-corrected chi connectivity index (χ3v) is 5.84. The van der Waals surface area contributed by atoms with Crippen LogP contribution in [0.3, 0.4) is 0 Å². The molecule has 5 nitrogen and oxygen atoms in total. The van der Waals surface area contributed by atoms with Gasteiger partial charge in [0.15, 0.2) is 0 Å². The third-order valence-electron chi connectivity index (χ3n) is 5.84. The van der Waals surface area contributed by atoms with Crippen LogP contribution in [0.4, 0.5) is 11.5 Å². The fourth-order valence-electron chi connectivity index (χ4n) is 4.14. The molecule has 1 unspecified atom stereocenters. The lowest BCUT2D eigenvalue weighted by atomic mass is 9.80. The summed E-state index contributed by atoms with van der Waals surface area (Å²) in [5.74, 6) is 1.37. The van der Waals surface area contributed by atoms with Crippen LogP contribution in [-0.4, -0.2) is 48.0 Å². The molecule has 2 saturated heterocycles. The number of hydrogen-bond donors (Lipinski definition) is 1. The fraction of sp³-hybridized carbons (Fsp3) is 0.700. The fourth-order valence-corrected chi connectivity index (χ4v) is 4.14. The largest absolute Gasteiger partial charge is 0.370 e. The van der Waals surface area contributed by atoms with Crippen molar-refractivity contribution >= 4 is 17.4 Å². The van der Waals surface area contributed by atoms with E-state index < -0.39 is 0 Å². The molecule has 1 atom stereocenters. The molecule has 3 heterocycles. The number of aromatic nitrogens is 1. The zero-order chi connectivity index (χ0) is 18.0. The molecule has 1 N–H and O–H groups in total. The lowest BCUT2D eigenvalue weighted by Gasteiger charge is -2.38. The van der Waals surface area contributed by atoms with E-state index in [0.717, 1.165) is 30.7 Å². The van der Waals surface area contributed by atoms with Crippen molar-refractivity contribution in [3.63, 3.8) is 0 Å². The van der Waals surface area contributed by atoms with Gasteiger partial charge in [-0.3, -0.25) is 9.69 Å². The SMILES string of the molecule is CC(=O)Nc1ccc(N2CCC(N3CCC(C(C)(C)C)C3)CC2)cn1. The molecule has 3 rings (SSSR count). The second-order valence-corrected chi connectivity index (χ2v) is 8.65. The average molecular weight is 345 g/mol. The first kappa shape index (κ1) is 18.2. The molecular weight excluding hydrogens is 312 g/mol. The maximum absolute atomic E-state index is 11.1. The quantitative estimate of drug-likeness (QED) is 0.913. The van der Waals surface area contributed by atoms with E-state index in [1.807, 2.05) is 12.3 Å². The molecule has 0 radical (unpaired) electrons. The van der Waals surface area contributed by atoms with E-state index in [1.165, 1.54) is 39.3 Å². The Hall–Kier alpha value is -1.62. The molecule has 2 fully saturated rings. The van der Waals surface area contributed by atoms with Gasteiger partial charge in [0.05, 0.1) is 11.9 Å². The average Bonchev–Trinajstić information content (AvgIpc) is 3.05. The summed E-state index contributed by atoms with van der Waals surface area (Å²) in [7, 11) is 0. The number of likely N-dealkylation sites (tertiary alicyclic amines) is 1. The van der Waals surface area contributed by atoms with Crippen molar-refractivity contribution in [2.24, 2.45) is 11.3 Å². The van der Waals surface area contributed by atoms with E-state index in [2.05, 4.69) is 46.9 Å².